The second-order valence-electron chi connectivity index (χ2n) is 4.93. The van der Waals surface area contributed by atoms with Gasteiger partial charge in [-0.1, -0.05) is 41.9 Å². The molecule has 0 heterocycles. The maximum atomic E-state index is 3.52. The van der Waals surface area contributed by atoms with Gasteiger partial charge in [0.15, 0.2) is 0 Å². The van der Waals surface area contributed by atoms with Crippen LogP contribution in [0.5, 0.6) is 0 Å². The Morgan fingerprint density at radius 1 is 1.18 bits per heavy atom. The van der Waals surface area contributed by atoms with Crippen molar-refractivity contribution >= 4 is 15.9 Å². The van der Waals surface area contributed by atoms with E-state index in [-0.39, 0.29) is 0 Å². The molecule has 0 spiro atoms. The van der Waals surface area contributed by atoms with E-state index in [4.69, 9.17) is 0 Å². The average Bonchev–Trinajstić information content (AvgIpc) is 2.28. The molecule has 0 amide bonds. The number of nitrogens with one attached hydrogen (secondary N) is 2. The molecule has 1 unspecified atom stereocenters. The number of hydrogen-bond donors (Lipinski definition) is 2. The summed E-state index contributed by atoms with van der Waals surface area (Å²) in [7, 11) is 0. The van der Waals surface area contributed by atoms with Crippen LogP contribution in [0.4, 0.5) is 0 Å². The van der Waals surface area contributed by atoms with E-state index in [2.05, 4.69) is 72.5 Å². The summed E-state index contributed by atoms with van der Waals surface area (Å²) in [5.41, 5.74) is 2.62. The monoisotopic (exact) mass is 298 g/mol. The lowest BCUT2D eigenvalue weighted by molar-refractivity contribution is 0.474. The zero-order valence-corrected chi connectivity index (χ0v) is 12.8. The molecule has 0 aliphatic heterocycles. The first-order chi connectivity index (χ1) is 7.99. The van der Waals surface area contributed by atoms with Crippen molar-refractivity contribution in [1.82, 2.24) is 10.6 Å². The second-order valence-corrected chi connectivity index (χ2v) is 5.78. The van der Waals surface area contributed by atoms with Gasteiger partial charge in [0, 0.05) is 29.6 Å². The van der Waals surface area contributed by atoms with Crippen molar-refractivity contribution in [2.75, 3.05) is 6.54 Å². The first-order valence-electron chi connectivity index (χ1n) is 6.21. The summed E-state index contributed by atoms with van der Waals surface area (Å²) in [5.74, 6) is 0. The van der Waals surface area contributed by atoms with Crippen LogP contribution in [0, 0.1) is 6.92 Å². The average molecular weight is 299 g/mol. The van der Waals surface area contributed by atoms with Gasteiger partial charge >= 0.3 is 0 Å². The minimum absolute atomic E-state index is 0.487. The Hall–Kier alpha value is -0.380. The number of aryl methyl sites for hydroxylation is 1. The fourth-order valence-electron chi connectivity index (χ4n) is 1.59. The SMILES string of the molecule is Cc1cc(CNC(C)CNC(C)C)ccc1Br. The molecular formula is C14H23BrN2. The smallest absolute Gasteiger partial charge is 0.0208 e. The van der Waals surface area contributed by atoms with Crippen molar-refractivity contribution in [3.63, 3.8) is 0 Å². The maximum absolute atomic E-state index is 3.52. The van der Waals surface area contributed by atoms with E-state index in [1.165, 1.54) is 15.6 Å². The van der Waals surface area contributed by atoms with Gasteiger partial charge in [-0.05, 0) is 31.0 Å². The third-order valence-electron chi connectivity index (χ3n) is 2.71. The largest absolute Gasteiger partial charge is 0.313 e. The van der Waals surface area contributed by atoms with Crippen LogP contribution in [-0.2, 0) is 6.54 Å². The Kier molecular flexibility index (Phi) is 6.17. The maximum Gasteiger partial charge on any atom is 0.0208 e. The molecule has 1 rings (SSSR count). The van der Waals surface area contributed by atoms with Gasteiger partial charge in [-0.2, -0.15) is 0 Å². The third kappa shape index (κ3) is 5.66. The van der Waals surface area contributed by atoms with Crippen LogP contribution in [0.25, 0.3) is 0 Å². The Bertz CT molecular complexity index is 350. The number of rotatable bonds is 6. The van der Waals surface area contributed by atoms with Gasteiger partial charge in [0.1, 0.15) is 0 Å². The minimum Gasteiger partial charge on any atom is -0.313 e. The summed E-state index contributed by atoms with van der Waals surface area (Å²) in [6.07, 6.45) is 0. The first kappa shape index (κ1) is 14.7. The van der Waals surface area contributed by atoms with E-state index in [1.54, 1.807) is 0 Å². The summed E-state index contributed by atoms with van der Waals surface area (Å²) < 4.78 is 1.18. The van der Waals surface area contributed by atoms with Crippen LogP contribution in [0.2, 0.25) is 0 Å². The van der Waals surface area contributed by atoms with Crippen LogP contribution < -0.4 is 10.6 Å². The molecule has 17 heavy (non-hydrogen) atoms. The van der Waals surface area contributed by atoms with Gasteiger partial charge in [0.2, 0.25) is 0 Å². The Morgan fingerprint density at radius 2 is 1.88 bits per heavy atom. The van der Waals surface area contributed by atoms with Gasteiger partial charge in [0.25, 0.3) is 0 Å². The molecule has 0 aliphatic rings. The van der Waals surface area contributed by atoms with Crippen LogP contribution >= 0.6 is 15.9 Å². The molecule has 1 aromatic carbocycles. The highest BCUT2D eigenvalue weighted by Gasteiger charge is 2.03. The summed E-state index contributed by atoms with van der Waals surface area (Å²) in [6, 6.07) is 7.53. The quantitative estimate of drug-likeness (QED) is 0.842. The van der Waals surface area contributed by atoms with Crippen molar-refractivity contribution < 1.29 is 0 Å². The highest BCUT2D eigenvalue weighted by Crippen LogP contribution is 2.16. The molecule has 0 aromatic heterocycles. The van der Waals surface area contributed by atoms with Crippen LogP contribution in [0.1, 0.15) is 31.9 Å². The zero-order valence-electron chi connectivity index (χ0n) is 11.2. The molecule has 0 saturated heterocycles. The molecule has 0 bridgehead atoms. The normalized spacial score (nSPS) is 13.1. The van der Waals surface area contributed by atoms with Crippen molar-refractivity contribution in [2.24, 2.45) is 0 Å². The number of benzene rings is 1. The first-order valence-corrected chi connectivity index (χ1v) is 7.00. The third-order valence-corrected chi connectivity index (χ3v) is 3.60. The fraction of sp³-hybridized carbons (Fsp3) is 0.571. The second kappa shape index (κ2) is 7.14. The summed E-state index contributed by atoms with van der Waals surface area (Å²) in [5, 5.41) is 6.96. The standard InChI is InChI=1S/C14H23BrN2/c1-10(2)16-8-12(4)17-9-13-5-6-14(15)11(3)7-13/h5-7,10,12,16-17H,8-9H2,1-4H3. The molecule has 1 aromatic rings. The van der Waals surface area contributed by atoms with Crippen molar-refractivity contribution in [2.45, 2.75) is 46.3 Å². The highest BCUT2D eigenvalue weighted by molar-refractivity contribution is 9.10. The Balaban J connectivity index is 2.36. The zero-order chi connectivity index (χ0) is 12.8. The topological polar surface area (TPSA) is 24.1 Å². The predicted octanol–water partition coefficient (Wildman–Crippen LogP) is 3.23. The molecule has 1 atom stereocenters. The predicted molar refractivity (Wildman–Crippen MR) is 78.3 cm³/mol. The van der Waals surface area contributed by atoms with E-state index >= 15 is 0 Å². The van der Waals surface area contributed by atoms with Gasteiger partial charge in [-0.3, -0.25) is 0 Å². The van der Waals surface area contributed by atoms with E-state index in [9.17, 15) is 0 Å². The number of halogens is 1. The van der Waals surface area contributed by atoms with E-state index < -0.39 is 0 Å². The Morgan fingerprint density at radius 3 is 2.47 bits per heavy atom. The van der Waals surface area contributed by atoms with E-state index in [0.29, 0.717) is 12.1 Å². The lowest BCUT2D eigenvalue weighted by atomic mass is 10.1. The molecule has 96 valence electrons. The molecule has 3 heteroatoms. The van der Waals surface area contributed by atoms with Crippen LogP contribution in [0.3, 0.4) is 0 Å². The van der Waals surface area contributed by atoms with Crippen molar-refractivity contribution in [3.8, 4) is 0 Å². The minimum atomic E-state index is 0.487. The molecule has 0 saturated carbocycles. The lowest BCUT2D eigenvalue weighted by Gasteiger charge is -2.16. The fourth-order valence-corrected chi connectivity index (χ4v) is 1.84. The lowest BCUT2D eigenvalue weighted by Crippen LogP contribution is -2.38. The molecule has 0 radical (unpaired) electrons. The summed E-state index contributed by atoms with van der Waals surface area (Å²) >= 11 is 3.52. The molecule has 2 nitrogen and oxygen atoms in total. The van der Waals surface area contributed by atoms with Crippen LogP contribution in [0.15, 0.2) is 22.7 Å². The van der Waals surface area contributed by atoms with E-state index in [1.807, 2.05) is 0 Å². The summed E-state index contributed by atoms with van der Waals surface area (Å²) in [6.45, 7) is 10.6. The molecule has 0 fully saturated rings. The molecular weight excluding hydrogens is 276 g/mol. The van der Waals surface area contributed by atoms with Gasteiger partial charge in [-0.15, -0.1) is 0 Å². The van der Waals surface area contributed by atoms with Crippen molar-refractivity contribution in [1.29, 1.82) is 0 Å². The summed E-state index contributed by atoms with van der Waals surface area (Å²) in [4.78, 5) is 0. The van der Waals surface area contributed by atoms with Crippen molar-refractivity contribution in [3.05, 3.63) is 33.8 Å². The number of hydrogen-bond acceptors (Lipinski definition) is 2. The van der Waals surface area contributed by atoms with Gasteiger partial charge < -0.3 is 10.6 Å². The molecule has 0 aliphatic carbocycles. The highest BCUT2D eigenvalue weighted by atomic mass is 79.9. The van der Waals surface area contributed by atoms with Gasteiger partial charge in [0.05, 0.1) is 0 Å². The Labute approximate surface area is 113 Å². The molecule has 2 N–H and O–H groups in total. The van der Waals surface area contributed by atoms with Gasteiger partial charge in [-0.25, -0.2) is 0 Å². The van der Waals surface area contributed by atoms with Crippen LogP contribution in [-0.4, -0.2) is 18.6 Å². The van der Waals surface area contributed by atoms with E-state index in [0.717, 1.165) is 13.1 Å².